The van der Waals surface area contributed by atoms with Crippen LogP contribution in [0.2, 0.25) is 0 Å². The predicted molar refractivity (Wildman–Crippen MR) is 42.9 cm³/mol. The number of amides is 1. The third-order valence-corrected chi connectivity index (χ3v) is 2.29. The van der Waals surface area contributed by atoms with Crippen LogP contribution in [0.1, 0.15) is 6.42 Å². The van der Waals surface area contributed by atoms with Crippen molar-refractivity contribution in [2.75, 3.05) is 6.61 Å². The van der Waals surface area contributed by atoms with Crippen molar-refractivity contribution in [3.8, 4) is 0 Å². The highest BCUT2D eigenvalue weighted by atomic mass is 16.5. The Labute approximate surface area is 79.4 Å². The number of aliphatic carboxylic acids is 1. The molecule has 2 atom stereocenters. The van der Waals surface area contributed by atoms with Crippen LogP contribution in [0, 0.1) is 0 Å². The Morgan fingerprint density at radius 3 is 2.93 bits per heavy atom. The number of carbonyl (C=O) groups excluding carboxylic acids is 1. The molecule has 2 rings (SSSR count). The van der Waals surface area contributed by atoms with Crippen LogP contribution in [0.3, 0.4) is 0 Å². The Balaban J connectivity index is 2.26. The highest BCUT2D eigenvalue weighted by Gasteiger charge is 2.53. The summed E-state index contributed by atoms with van der Waals surface area (Å²) >= 11 is 0. The molecule has 0 aromatic carbocycles. The highest BCUT2D eigenvalue weighted by molar-refractivity contribution is 5.91. The van der Waals surface area contributed by atoms with Gasteiger partial charge in [0.15, 0.2) is 12.3 Å². The minimum atomic E-state index is -1.14. The van der Waals surface area contributed by atoms with Crippen molar-refractivity contribution in [1.29, 1.82) is 0 Å². The van der Waals surface area contributed by atoms with Crippen LogP contribution in [-0.4, -0.2) is 45.9 Å². The Kier molecular flexibility index (Phi) is 1.92. The zero-order valence-electron chi connectivity index (χ0n) is 7.21. The van der Waals surface area contributed by atoms with Gasteiger partial charge in [0.05, 0.1) is 13.0 Å². The maximum absolute atomic E-state index is 11.1. The minimum absolute atomic E-state index is 0.149. The van der Waals surface area contributed by atoms with E-state index in [-0.39, 0.29) is 24.7 Å². The van der Waals surface area contributed by atoms with Gasteiger partial charge in [-0.2, -0.15) is 0 Å². The molecule has 2 N–H and O–H groups in total. The Hall–Kier alpha value is -1.56. The molecule has 0 aromatic heterocycles. The van der Waals surface area contributed by atoms with Crippen molar-refractivity contribution in [3.05, 3.63) is 11.8 Å². The maximum atomic E-state index is 11.1. The molecule has 6 heteroatoms. The number of hydrogen-bond donors (Lipinski definition) is 2. The average Bonchev–Trinajstić information content (AvgIpc) is 2.39. The van der Waals surface area contributed by atoms with Crippen LogP contribution in [-0.2, 0) is 14.3 Å². The number of hydrogen-bond acceptors (Lipinski definition) is 4. The number of β-lactam (4-membered cyclic amide) rings is 1. The van der Waals surface area contributed by atoms with Crippen molar-refractivity contribution in [3.63, 3.8) is 0 Å². The van der Waals surface area contributed by atoms with Gasteiger partial charge in [-0.1, -0.05) is 0 Å². The number of aliphatic hydroxyl groups is 1. The van der Waals surface area contributed by atoms with Crippen molar-refractivity contribution < 1.29 is 24.5 Å². The first-order valence-corrected chi connectivity index (χ1v) is 4.16. The van der Waals surface area contributed by atoms with Crippen molar-refractivity contribution in [2.24, 2.45) is 0 Å². The second-order valence-corrected chi connectivity index (χ2v) is 3.11. The molecule has 2 heterocycles. The zero-order valence-corrected chi connectivity index (χ0v) is 7.21. The molecule has 2 saturated heterocycles. The Morgan fingerprint density at radius 1 is 1.71 bits per heavy atom. The van der Waals surface area contributed by atoms with E-state index in [0.29, 0.717) is 0 Å². The lowest BCUT2D eigenvalue weighted by atomic mass is 10.1. The fourth-order valence-electron chi connectivity index (χ4n) is 1.66. The molecule has 2 aliphatic rings. The number of rotatable bonds is 2. The van der Waals surface area contributed by atoms with Gasteiger partial charge in [0, 0.05) is 0 Å². The van der Waals surface area contributed by atoms with E-state index in [1.807, 2.05) is 0 Å². The molecule has 0 unspecified atom stereocenters. The second-order valence-electron chi connectivity index (χ2n) is 3.11. The number of carboxylic acids is 1. The first-order chi connectivity index (χ1) is 6.65. The molecule has 1 amide bonds. The molecule has 2 aliphatic heterocycles. The molecule has 2 fully saturated rings. The SMILES string of the molecule is O=C(O)[C@@H]1/C(=C\CO)O[C@@H]2CC(=O)N12. The van der Waals surface area contributed by atoms with Crippen LogP contribution in [0.25, 0.3) is 0 Å². The summed E-state index contributed by atoms with van der Waals surface area (Å²) in [6.45, 7) is -0.298. The van der Waals surface area contributed by atoms with Gasteiger partial charge in [0.25, 0.3) is 0 Å². The first kappa shape index (κ1) is 9.01. The quantitative estimate of drug-likeness (QED) is 0.551. The van der Waals surface area contributed by atoms with E-state index < -0.39 is 18.2 Å². The van der Waals surface area contributed by atoms with E-state index in [1.54, 1.807) is 0 Å². The lowest BCUT2D eigenvalue weighted by Crippen LogP contribution is -2.54. The van der Waals surface area contributed by atoms with Gasteiger partial charge >= 0.3 is 5.97 Å². The molecular formula is C8H9NO5. The normalized spacial score (nSPS) is 32.5. The van der Waals surface area contributed by atoms with Gasteiger partial charge in [0.1, 0.15) is 5.76 Å². The fourth-order valence-corrected chi connectivity index (χ4v) is 1.66. The van der Waals surface area contributed by atoms with Crippen molar-refractivity contribution in [1.82, 2.24) is 4.90 Å². The molecule has 0 bridgehead atoms. The van der Waals surface area contributed by atoms with Crippen LogP contribution in [0.5, 0.6) is 0 Å². The Bertz CT molecular complexity index is 324. The van der Waals surface area contributed by atoms with Crippen LogP contribution in [0.4, 0.5) is 0 Å². The largest absolute Gasteiger partial charge is 0.479 e. The lowest BCUT2D eigenvalue weighted by Gasteiger charge is -2.33. The summed E-state index contributed by atoms with van der Waals surface area (Å²) in [5, 5.41) is 17.5. The summed E-state index contributed by atoms with van der Waals surface area (Å²) in [7, 11) is 0. The zero-order chi connectivity index (χ0) is 10.3. The van der Waals surface area contributed by atoms with E-state index in [9.17, 15) is 9.59 Å². The number of nitrogens with zero attached hydrogens (tertiary/aromatic N) is 1. The minimum Gasteiger partial charge on any atom is -0.479 e. The third-order valence-electron chi connectivity index (χ3n) is 2.29. The maximum Gasteiger partial charge on any atom is 0.334 e. The van der Waals surface area contributed by atoms with Crippen LogP contribution >= 0.6 is 0 Å². The van der Waals surface area contributed by atoms with Gasteiger partial charge < -0.3 is 14.9 Å². The van der Waals surface area contributed by atoms with E-state index in [0.717, 1.165) is 0 Å². The van der Waals surface area contributed by atoms with Crippen LogP contribution < -0.4 is 0 Å². The molecule has 0 aliphatic carbocycles. The van der Waals surface area contributed by atoms with Crippen molar-refractivity contribution in [2.45, 2.75) is 18.7 Å². The molecular weight excluding hydrogens is 190 g/mol. The molecule has 0 saturated carbocycles. The summed E-state index contributed by atoms with van der Waals surface area (Å²) in [6.07, 6.45) is 1.03. The van der Waals surface area contributed by atoms with E-state index >= 15 is 0 Å². The number of carboxylic acid groups (broad SMARTS) is 1. The van der Waals surface area contributed by atoms with E-state index in [1.165, 1.54) is 11.0 Å². The molecule has 76 valence electrons. The van der Waals surface area contributed by atoms with Gasteiger partial charge in [0.2, 0.25) is 5.91 Å². The molecule has 0 aromatic rings. The summed E-state index contributed by atoms with van der Waals surface area (Å²) in [5.74, 6) is -1.22. The number of carbonyl (C=O) groups is 2. The smallest absolute Gasteiger partial charge is 0.334 e. The van der Waals surface area contributed by atoms with Gasteiger partial charge in [-0.25, -0.2) is 4.79 Å². The molecule has 6 nitrogen and oxygen atoms in total. The Morgan fingerprint density at radius 2 is 2.43 bits per heavy atom. The fraction of sp³-hybridized carbons (Fsp3) is 0.500. The lowest BCUT2D eigenvalue weighted by molar-refractivity contribution is -0.163. The summed E-state index contributed by atoms with van der Waals surface area (Å²) in [6, 6.07) is -1.06. The average molecular weight is 199 g/mol. The number of ether oxygens (including phenoxy) is 1. The third kappa shape index (κ3) is 1.07. The predicted octanol–water partition coefficient (Wildman–Crippen LogP) is -1.10. The standard InChI is InChI=1S/C8H9NO5/c10-2-1-4-7(8(12)13)9-5(11)3-6(9)14-4/h1,6-7,10H,2-3H2,(H,12,13)/b4-1+/t6-,7+/m1/s1. The van der Waals surface area contributed by atoms with Crippen molar-refractivity contribution >= 4 is 11.9 Å². The summed E-state index contributed by atoms with van der Waals surface area (Å²) in [5.41, 5.74) is 0. The first-order valence-electron chi connectivity index (χ1n) is 4.16. The van der Waals surface area contributed by atoms with Crippen LogP contribution in [0.15, 0.2) is 11.8 Å². The highest BCUT2D eigenvalue weighted by Crippen LogP contribution is 2.36. The molecule has 0 radical (unpaired) electrons. The van der Waals surface area contributed by atoms with E-state index in [2.05, 4.69) is 0 Å². The van der Waals surface area contributed by atoms with Gasteiger partial charge in [-0.05, 0) is 6.08 Å². The monoisotopic (exact) mass is 199 g/mol. The molecule has 0 spiro atoms. The summed E-state index contributed by atoms with van der Waals surface area (Å²) < 4.78 is 5.17. The van der Waals surface area contributed by atoms with Gasteiger partial charge in [-0.3, -0.25) is 9.69 Å². The molecule has 14 heavy (non-hydrogen) atoms. The number of aliphatic hydroxyl groups excluding tert-OH is 1. The summed E-state index contributed by atoms with van der Waals surface area (Å²) in [4.78, 5) is 23.1. The van der Waals surface area contributed by atoms with E-state index in [4.69, 9.17) is 14.9 Å². The topological polar surface area (TPSA) is 87.1 Å². The second kappa shape index (κ2) is 2.98. The number of fused-ring (bicyclic) bond motifs is 1. The van der Waals surface area contributed by atoms with Gasteiger partial charge in [-0.15, -0.1) is 0 Å².